The average Bonchev–Trinajstić information content (AvgIpc) is 2.62. The van der Waals surface area contributed by atoms with Crippen LogP contribution in [0.15, 0.2) is 30.5 Å². The first kappa shape index (κ1) is 19.1. The van der Waals surface area contributed by atoms with Crippen LogP contribution in [0.1, 0.15) is 95.1 Å². The van der Waals surface area contributed by atoms with Gasteiger partial charge in [-0.05, 0) is 29.8 Å². The van der Waals surface area contributed by atoms with Gasteiger partial charge in [0.25, 0.3) is 0 Å². The summed E-state index contributed by atoms with van der Waals surface area (Å²) in [4.78, 5) is 2.47. The molecule has 1 heterocycles. The fourth-order valence-electron chi connectivity index (χ4n) is 3.61. The van der Waals surface area contributed by atoms with E-state index < -0.39 is 0 Å². The molecule has 1 heteroatoms. The highest BCUT2D eigenvalue weighted by molar-refractivity contribution is 5.55. The van der Waals surface area contributed by atoms with Crippen molar-refractivity contribution in [3.8, 4) is 0 Å². The lowest BCUT2D eigenvalue weighted by Crippen LogP contribution is -2.21. The lowest BCUT2D eigenvalue weighted by atomic mass is 10.0. The van der Waals surface area contributed by atoms with Crippen molar-refractivity contribution in [2.24, 2.45) is 0 Å². The third-order valence-corrected chi connectivity index (χ3v) is 5.19. The molecule has 1 aromatic rings. The molecule has 1 nitrogen and oxygen atoms in total. The van der Waals surface area contributed by atoms with Gasteiger partial charge in [0.15, 0.2) is 0 Å². The molecule has 0 spiro atoms. The fourth-order valence-corrected chi connectivity index (χ4v) is 3.61. The summed E-state index contributed by atoms with van der Waals surface area (Å²) in [5, 5.41) is 0. The molecule has 24 heavy (non-hydrogen) atoms. The molecule has 0 fully saturated rings. The zero-order valence-electron chi connectivity index (χ0n) is 15.8. The number of fused-ring (bicyclic) bond motifs is 1. The quantitative estimate of drug-likeness (QED) is 0.347. The summed E-state index contributed by atoms with van der Waals surface area (Å²) in [5.41, 5.74) is 2.86. The van der Waals surface area contributed by atoms with Crippen molar-refractivity contribution in [2.75, 3.05) is 6.54 Å². The highest BCUT2D eigenvalue weighted by Gasteiger charge is 2.08. The molecular formula is C23H37N. The van der Waals surface area contributed by atoms with Crippen LogP contribution in [0.25, 0.3) is 6.08 Å². The predicted molar refractivity (Wildman–Crippen MR) is 107 cm³/mol. The van der Waals surface area contributed by atoms with Crippen molar-refractivity contribution in [3.05, 3.63) is 41.6 Å². The second-order valence-electron chi connectivity index (χ2n) is 7.37. The van der Waals surface area contributed by atoms with Crippen molar-refractivity contribution in [2.45, 2.75) is 90.5 Å². The second-order valence-corrected chi connectivity index (χ2v) is 7.37. The van der Waals surface area contributed by atoms with E-state index in [0.717, 1.165) is 6.54 Å². The lowest BCUT2D eigenvalue weighted by molar-refractivity contribution is 0.353. The van der Waals surface area contributed by atoms with Gasteiger partial charge in [0.1, 0.15) is 0 Å². The minimum Gasteiger partial charge on any atom is -0.373 e. The molecule has 2 rings (SSSR count). The first-order valence-electron chi connectivity index (χ1n) is 10.4. The predicted octanol–water partition coefficient (Wildman–Crippen LogP) is 7.17. The van der Waals surface area contributed by atoms with Crippen molar-refractivity contribution >= 4 is 6.08 Å². The van der Waals surface area contributed by atoms with E-state index >= 15 is 0 Å². The normalized spacial score (nSPS) is 13.3. The third-order valence-electron chi connectivity index (χ3n) is 5.19. The van der Waals surface area contributed by atoms with Gasteiger partial charge in [0.05, 0.1) is 0 Å². The molecule has 0 atom stereocenters. The molecule has 0 saturated heterocycles. The van der Waals surface area contributed by atoms with Crippen molar-refractivity contribution < 1.29 is 0 Å². The maximum Gasteiger partial charge on any atom is 0.0429 e. The van der Waals surface area contributed by atoms with E-state index in [1.807, 2.05) is 0 Å². The smallest absolute Gasteiger partial charge is 0.0429 e. The van der Waals surface area contributed by atoms with Crippen LogP contribution in [-0.2, 0) is 6.54 Å². The summed E-state index contributed by atoms with van der Waals surface area (Å²) in [5.74, 6) is 0. The third kappa shape index (κ3) is 7.55. The summed E-state index contributed by atoms with van der Waals surface area (Å²) in [6, 6.07) is 8.76. The van der Waals surface area contributed by atoms with Gasteiger partial charge in [-0.3, -0.25) is 0 Å². The van der Waals surface area contributed by atoms with Gasteiger partial charge < -0.3 is 4.90 Å². The van der Waals surface area contributed by atoms with E-state index in [2.05, 4.69) is 48.4 Å². The fraction of sp³-hybridized carbons (Fsp3) is 0.652. The molecule has 0 saturated carbocycles. The van der Waals surface area contributed by atoms with Crippen LogP contribution in [0, 0.1) is 0 Å². The Labute approximate surface area is 150 Å². The number of hydrogen-bond acceptors (Lipinski definition) is 1. The largest absolute Gasteiger partial charge is 0.373 e. The Bertz CT molecular complexity index is 463. The van der Waals surface area contributed by atoms with E-state index in [9.17, 15) is 0 Å². The van der Waals surface area contributed by atoms with Crippen LogP contribution < -0.4 is 0 Å². The summed E-state index contributed by atoms with van der Waals surface area (Å²) in [6.07, 6.45) is 21.7. The molecule has 0 aliphatic carbocycles. The molecule has 0 amide bonds. The SMILES string of the molecule is CCCCCCCCCCCCCCN1C=Cc2ccccc2C1. The van der Waals surface area contributed by atoms with Crippen molar-refractivity contribution in [1.82, 2.24) is 4.90 Å². The highest BCUT2D eigenvalue weighted by Crippen LogP contribution is 2.19. The van der Waals surface area contributed by atoms with Gasteiger partial charge in [-0.25, -0.2) is 0 Å². The van der Waals surface area contributed by atoms with Gasteiger partial charge in [-0.15, -0.1) is 0 Å². The van der Waals surface area contributed by atoms with E-state index in [0.29, 0.717) is 0 Å². The zero-order valence-corrected chi connectivity index (χ0v) is 15.8. The van der Waals surface area contributed by atoms with Crippen molar-refractivity contribution in [3.63, 3.8) is 0 Å². The van der Waals surface area contributed by atoms with Crippen LogP contribution >= 0.6 is 0 Å². The van der Waals surface area contributed by atoms with Crippen molar-refractivity contribution in [1.29, 1.82) is 0 Å². The van der Waals surface area contributed by atoms with Crippen LogP contribution in [0.2, 0.25) is 0 Å². The number of hydrogen-bond donors (Lipinski definition) is 0. The number of nitrogens with zero attached hydrogens (tertiary/aromatic N) is 1. The molecule has 1 aliphatic rings. The van der Waals surface area contributed by atoms with Gasteiger partial charge in [-0.1, -0.05) is 102 Å². The summed E-state index contributed by atoms with van der Waals surface area (Å²) in [6.45, 7) is 4.59. The van der Waals surface area contributed by atoms with E-state index in [1.165, 1.54) is 94.7 Å². The first-order valence-corrected chi connectivity index (χ1v) is 10.4. The van der Waals surface area contributed by atoms with Gasteiger partial charge in [0.2, 0.25) is 0 Å². The molecule has 0 aromatic heterocycles. The highest BCUT2D eigenvalue weighted by atomic mass is 15.1. The van der Waals surface area contributed by atoms with E-state index in [1.54, 1.807) is 0 Å². The Morgan fingerprint density at radius 3 is 2.00 bits per heavy atom. The number of unbranched alkanes of at least 4 members (excludes halogenated alkanes) is 11. The molecule has 0 unspecified atom stereocenters. The Morgan fingerprint density at radius 2 is 1.33 bits per heavy atom. The monoisotopic (exact) mass is 327 g/mol. The Kier molecular flexibility index (Phi) is 9.68. The Balaban J connectivity index is 1.40. The van der Waals surface area contributed by atoms with E-state index in [-0.39, 0.29) is 0 Å². The number of benzene rings is 1. The lowest BCUT2D eigenvalue weighted by Gasteiger charge is -2.25. The van der Waals surface area contributed by atoms with Gasteiger partial charge >= 0.3 is 0 Å². The maximum absolute atomic E-state index is 2.47. The minimum atomic E-state index is 1.09. The van der Waals surface area contributed by atoms with Crippen LogP contribution in [-0.4, -0.2) is 11.4 Å². The molecule has 1 aromatic carbocycles. The minimum absolute atomic E-state index is 1.09. The average molecular weight is 328 g/mol. The van der Waals surface area contributed by atoms with E-state index in [4.69, 9.17) is 0 Å². The zero-order chi connectivity index (χ0) is 16.9. The molecule has 134 valence electrons. The topological polar surface area (TPSA) is 3.24 Å². The summed E-state index contributed by atoms with van der Waals surface area (Å²) < 4.78 is 0. The molecule has 0 radical (unpaired) electrons. The first-order chi connectivity index (χ1) is 11.9. The summed E-state index contributed by atoms with van der Waals surface area (Å²) >= 11 is 0. The Hall–Kier alpha value is -1.24. The standard InChI is InChI=1S/C23H37N/c1-2-3-4-5-6-7-8-9-10-11-12-15-19-24-20-18-22-16-13-14-17-23(22)21-24/h13-14,16-18,20H,2-12,15,19,21H2,1H3. The summed E-state index contributed by atoms with van der Waals surface area (Å²) in [7, 11) is 0. The van der Waals surface area contributed by atoms with Crippen LogP contribution in [0.3, 0.4) is 0 Å². The van der Waals surface area contributed by atoms with Crippen LogP contribution in [0.4, 0.5) is 0 Å². The molecule has 0 bridgehead atoms. The molecular weight excluding hydrogens is 290 g/mol. The van der Waals surface area contributed by atoms with Gasteiger partial charge in [0, 0.05) is 13.1 Å². The maximum atomic E-state index is 2.47. The molecule has 1 aliphatic heterocycles. The van der Waals surface area contributed by atoms with Crippen LogP contribution in [0.5, 0.6) is 0 Å². The van der Waals surface area contributed by atoms with Gasteiger partial charge in [-0.2, -0.15) is 0 Å². The second kappa shape index (κ2) is 12.2. The Morgan fingerprint density at radius 1 is 0.750 bits per heavy atom. The molecule has 0 N–H and O–H groups in total. The number of rotatable bonds is 13.